The molecule has 0 spiro atoms. The summed E-state index contributed by atoms with van der Waals surface area (Å²) in [7, 11) is 1.60. The Hall–Kier alpha value is -3.86. The Morgan fingerprint density at radius 1 is 0.938 bits per heavy atom. The largest absolute Gasteiger partial charge is 0.497 e. The second-order valence-electron chi connectivity index (χ2n) is 7.61. The van der Waals surface area contributed by atoms with E-state index >= 15 is 0 Å². The molecular formula is C27H25NO4. The monoisotopic (exact) mass is 427 g/mol. The molecule has 3 aromatic carbocycles. The van der Waals surface area contributed by atoms with Gasteiger partial charge >= 0.3 is 5.97 Å². The smallest absolute Gasteiger partial charge is 0.339 e. The summed E-state index contributed by atoms with van der Waals surface area (Å²) >= 11 is 0. The topological polar surface area (TPSA) is 55.8 Å². The first kappa shape index (κ1) is 21.4. The first-order valence-electron chi connectivity index (χ1n) is 10.6. The van der Waals surface area contributed by atoms with Crippen molar-refractivity contribution in [2.75, 3.05) is 20.3 Å². The van der Waals surface area contributed by atoms with Gasteiger partial charge in [-0.2, -0.15) is 0 Å². The van der Waals surface area contributed by atoms with Crippen molar-refractivity contribution in [3.8, 4) is 5.75 Å². The van der Waals surface area contributed by atoms with E-state index in [1.807, 2.05) is 72.8 Å². The number of nitrogens with zero attached hydrogens (tertiary/aromatic N) is 1. The van der Waals surface area contributed by atoms with Crippen LogP contribution in [0.1, 0.15) is 22.3 Å². The van der Waals surface area contributed by atoms with Crippen molar-refractivity contribution in [2.45, 2.75) is 13.0 Å². The maximum absolute atomic E-state index is 13.0. The van der Waals surface area contributed by atoms with E-state index < -0.39 is 5.97 Å². The van der Waals surface area contributed by atoms with Gasteiger partial charge in [-0.1, -0.05) is 66.7 Å². The quantitative estimate of drug-likeness (QED) is 0.333. The van der Waals surface area contributed by atoms with Crippen LogP contribution in [0.4, 0.5) is 0 Å². The molecule has 32 heavy (non-hydrogen) atoms. The molecule has 1 heterocycles. The fourth-order valence-corrected chi connectivity index (χ4v) is 3.78. The van der Waals surface area contributed by atoms with Crippen molar-refractivity contribution < 1.29 is 19.1 Å². The highest BCUT2D eigenvalue weighted by Crippen LogP contribution is 2.23. The van der Waals surface area contributed by atoms with E-state index in [1.54, 1.807) is 18.1 Å². The second kappa shape index (κ2) is 9.96. The fraction of sp³-hybridized carbons (Fsp3) is 0.185. The van der Waals surface area contributed by atoms with E-state index in [2.05, 4.69) is 6.07 Å². The minimum absolute atomic E-state index is 0.193. The molecule has 1 aliphatic rings. The summed E-state index contributed by atoms with van der Waals surface area (Å²) in [6.45, 7) is 0.875. The molecule has 0 saturated carbocycles. The first-order valence-corrected chi connectivity index (χ1v) is 10.6. The second-order valence-corrected chi connectivity index (χ2v) is 7.61. The molecule has 0 N–H and O–H groups in total. The summed E-state index contributed by atoms with van der Waals surface area (Å²) in [5.74, 6) is -0.0356. The van der Waals surface area contributed by atoms with Gasteiger partial charge in [0, 0.05) is 13.1 Å². The zero-order valence-corrected chi connectivity index (χ0v) is 18.0. The molecule has 0 aliphatic carbocycles. The summed E-state index contributed by atoms with van der Waals surface area (Å²) in [5.41, 5.74) is 4.32. The highest BCUT2D eigenvalue weighted by molar-refractivity contribution is 6.21. The third-order valence-corrected chi connectivity index (χ3v) is 5.52. The van der Waals surface area contributed by atoms with Crippen molar-refractivity contribution in [3.63, 3.8) is 0 Å². The lowest BCUT2D eigenvalue weighted by molar-refractivity contribution is -0.147. The lowest BCUT2D eigenvalue weighted by Crippen LogP contribution is -2.38. The van der Waals surface area contributed by atoms with Crippen LogP contribution in [0, 0.1) is 0 Å². The van der Waals surface area contributed by atoms with Gasteiger partial charge < -0.3 is 14.4 Å². The number of ether oxygens (including phenoxy) is 2. The lowest BCUT2D eigenvalue weighted by atomic mass is 10.00. The molecule has 0 fully saturated rings. The number of fused-ring (bicyclic) bond motifs is 1. The maximum Gasteiger partial charge on any atom is 0.339 e. The number of carbonyl (C=O) groups is 2. The van der Waals surface area contributed by atoms with E-state index in [-0.39, 0.29) is 12.5 Å². The Balaban J connectivity index is 1.48. The molecule has 0 unspecified atom stereocenters. The summed E-state index contributed by atoms with van der Waals surface area (Å²) in [6.07, 6.45) is 2.56. The van der Waals surface area contributed by atoms with Crippen molar-refractivity contribution in [2.24, 2.45) is 0 Å². The van der Waals surface area contributed by atoms with Crippen LogP contribution in [0.2, 0.25) is 0 Å². The van der Waals surface area contributed by atoms with Crippen molar-refractivity contribution in [1.82, 2.24) is 4.90 Å². The molecule has 0 saturated heterocycles. The predicted octanol–water partition coefficient (Wildman–Crippen LogP) is 4.36. The Morgan fingerprint density at radius 2 is 1.69 bits per heavy atom. The highest BCUT2D eigenvalue weighted by atomic mass is 16.5. The molecular weight excluding hydrogens is 402 g/mol. The molecule has 0 radical (unpaired) electrons. The van der Waals surface area contributed by atoms with Crippen molar-refractivity contribution in [3.05, 3.63) is 101 Å². The Kier molecular flexibility index (Phi) is 6.66. The van der Waals surface area contributed by atoms with E-state index in [0.29, 0.717) is 24.4 Å². The lowest BCUT2D eigenvalue weighted by Gasteiger charge is -2.28. The number of carbonyl (C=O) groups excluding carboxylic acids is 2. The summed E-state index contributed by atoms with van der Waals surface area (Å²) in [5, 5.41) is 0. The van der Waals surface area contributed by atoms with Crippen LogP contribution < -0.4 is 4.74 Å². The van der Waals surface area contributed by atoms with Crippen molar-refractivity contribution >= 4 is 23.5 Å². The summed E-state index contributed by atoms with van der Waals surface area (Å²) < 4.78 is 10.7. The standard InChI is InChI=1S/C27H25NO4/c1-31-24-13-7-8-20(16-24)17-25(22-10-3-2-4-11-22)27(30)32-19-26(29)28-15-14-21-9-5-6-12-23(21)18-28/h2-13,16-17H,14-15,18-19H2,1H3. The maximum atomic E-state index is 13.0. The number of hydrogen-bond donors (Lipinski definition) is 0. The number of hydrogen-bond acceptors (Lipinski definition) is 4. The average Bonchev–Trinajstić information content (AvgIpc) is 2.86. The van der Waals surface area contributed by atoms with Crippen LogP contribution in [0.25, 0.3) is 11.6 Å². The van der Waals surface area contributed by atoms with Crippen LogP contribution in [-0.2, 0) is 27.3 Å². The zero-order chi connectivity index (χ0) is 22.3. The Labute approximate surface area is 187 Å². The van der Waals surface area contributed by atoms with Gasteiger partial charge in [0.1, 0.15) is 5.75 Å². The number of esters is 1. The Bertz CT molecular complexity index is 1140. The van der Waals surface area contributed by atoms with Crippen LogP contribution in [0.3, 0.4) is 0 Å². The molecule has 5 nitrogen and oxygen atoms in total. The SMILES string of the molecule is COc1cccc(C=C(C(=O)OCC(=O)N2CCc3ccccc3C2)c2ccccc2)c1. The van der Waals surface area contributed by atoms with Gasteiger partial charge in [-0.15, -0.1) is 0 Å². The Morgan fingerprint density at radius 3 is 2.47 bits per heavy atom. The number of rotatable bonds is 6. The van der Waals surface area contributed by atoms with Gasteiger partial charge in [-0.3, -0.25) is 4.79 Å². The number of amides is 1. The molecule has 1 amide bonds. The third kappa shape index (κ3) is 5.06. The van der Waals surface area contributed by atoms with Gasteiger partial charge in [0.2, 0.25) is 0 Å². The normalized spacial score (nSPS) is 13.3. The first-order chi connectivity index (χ1) is 15.6. The van der Waals surface area contributed by atoms with E-state index in [0.717, 1.165) is 23.1 Å². The van der Waals surface area contributed by atoms with E-state index in [1.165, 1.54) is 5.56 Å². The van der Waals surface area contributed by atoms with Crippen LogP contribution >= 0.6 is 0 Å². The molecule has 5 heteroatoms. The zero-order valence-electron chi connectivity index (χ0n) is 18.0. The third-order valence-electron chi connectivity index (χ3n) is 5.52. The van der Waals surface area contributed by atoms with Gasteiger partial charge in [0.05, 0.1) is 12.7 Å². The average molecular weight is 428 g/mol. The molecule has 3 aromatic rings. The molecule has 1 aliphatic heterocycles. The van der Waals surface area contributed by atoms with E-state index in [9.17, 15) is 9.59 Å². The van der Waals surface area contributed by atoms with Gasteiger partial charge in [-0.25, -0.2) is 4.79 Å². The van der Waals surface area contributed by atoms with Crippen LogP contribution in [0.15, 0.2) is 78.9 Å². The molecule has 162 valence electrons. The molecule has 0 atom stereocenters. The number of methoxy groups -OCH3 is 1. The van der Waals surface area contributed by atoms with Gasteiger partial charge in [0.15, 0.2) is 6.61 Å². The molecule has 4 rings (SSSR count). The molecule has 0 aromatic heterocycles. The van der Waals surface area contributed by atoms with Gasteiger partial charge in [0.25, 0.3) is 5.91 Å². The minimum atomic E-state index is -0.537. The van der Waals surface area contributed by atoms with Crippen LogP contribution in [-0.4, -0.2) is 37.0 Å². The minimum Gasteiger partial charge on any atom is -0.497 e. The van der Waals surface area contributed by atoms with Gasteiger partial charge in [-0.05, 0) is 46.9 Å². The summed E-state index contributed by atoms with van der Waals surface area (Å²) in [6, 6.07) is 24.8. The fourth-order valence-electron chi connectivity index (χ4n) is 3.78. The molecule has 0 bridgehead atoms. The van der Waals surface area contributed by atoms with Crippen molar-refractivity contribution in [1.29, 1.82) is 0 Å². The van der Waals surface area contributed by atoms with Crippen LogP contribution in [0.5, 0.6) is 5.75 Å². The van der Waals surface area contributed by atoms with E-state index in [4.69, 9.17) is 9.47 Å². The number of benzene rings is 3. The highest BCUT2D eigenvalue weighted by Gasteiger charge is 2.22. The summed E-state index contributed by atoms with van der Waals surface area (Å²) in [4.78, 5) is 27.5. The predicted molar refractivity (Wildman–Crippen MR) is 124 cm³/mol.